The van der Waals surface area contributed by atoms with Gasteiger partial charge in [-0.2, -0.15) is 0 Å². The van der Waals surface area contributed by atoms with Crippen molar-refractivity contribution < 1.29 is 14.3 Å². The third-order valence-electron chi connectivity index (χ3n) is 2.86. The zero-order valence-electron chi connectivity index (χ0n) is 9.20. The van der Waals surface area contributed by atoms with Crippen LogP contribution in [-0.4, -0.2) is 33.8 Å². The third-order valence-corrected chi connectivity index (χ3v) is 3.60. The van der Waals surface area contributed by atoms with E-state index in [-0.39, 0.29) is 16.1 Å². The molecule has 1 saturated heterocycles. The van der Waals surface area contributed by atoms with Crippen LogP contribution in [0.3, 0.4) is 0 Å². The van der Waals surface area contributed by atoms with E-state index in [4.69, 9.17) is 0 Å². The number of halogens is 2. The third kappa shape index (κ3) is 2.60. The minimum absolute atomic E-state index is 0.228. The Hall–Kier alpha value is -1.10. The molecule has 1 aromatic carbocycles. The summed E-state index contributed by atoms with van der Waals surface area (Å²) in [5.41, 5.74) is -0.228. The van der Waals surface area contributed by atoms with Gasteiger partial charge in [0.1, 0.15) is 17.1 Å². The molecule has 1 aliphatic rings. The summed E-state index contributed by atoms with van der Waals surface area (Å²) in [5.74, 6) is -1.41. The average molecular weight is 302 g/mol. The van der Waals surface area contributed by atoms with E-state index in [1.807, 2.05) is 0 Å². The van der Waals surface area contributed by atoms with Gasteiger partial charge in [0.15, 0.2) is 0 Å². The van der Waals surface area contributed by atoms with Crippen LogP contribution in [0.2, 0.25) is 0 Å². The van der Waals surface area contributed by atoms with Crippen molar-refractivity contribution in [3.63, 3.8) is 0 Å². The van der Waals surface area contributed by atoms with Crippen LogP contribution in [0.1, 0.15) is 23.2 Å². The maximum atomic E-state index is 13.5. The Morgan fingerprint density at radius 2 is 2.29 bits per heavy atom. The van der Waals surface area contributed by atoms with Crippen LogP contribution < -0.4 is 0 Å². The van der Waals surface area contributed by atoms with Crippen molar-refractivity contribution in [1.82, 2.24) is 4.90 Å². The lowest BCUT2D eigenvalue weighted by molar-refractivity contribution is 0.0722. The Bertz CT molecular complexity index is 418. The Morgan fingerprint density at radius 1 is 1.53 bits per heavy atom. The smallest absolute Gasteiger partial charge is 0.260 e. The molecular weight excluding hydrogens is 289 g/mol. The quantitative estimate of drug-likeness (QED) is 0.810. The molecule has 92 valence electrons. The number of rotatable bonds is 1. The van der Waals surface area contributed by atoms with E-state index in [1.54, 1.807) is 4.90 Å². The van der Waals surface area contributed by atoms with Crippen molar-refractivity contribution in [1.29, 1.82) is 0 Å². The number of hydrogen-bond donors (Lipinski definition) is 1. The fourth-order valence-corrected chi connectivity index (χ4v) is 2.67. The monoisotopic (exact) mass is 301 g/mol. The normalized spacial score (nSPS) is 20.4. The number of aromatic hydroxyl groups is 1. The molecule has 0 saturated carbocycles. The largest absolute Gasteiger partial charge is 0.507 e. The lowest BCUT2D eigenvalue weighted by atomic mass is 10.1. The molecule has 1 unspecified atom stereocenters. The number of hydrogen-bond acceptors (Lipinski definition) is 2. The number of carbonyl (C=O) groups is 1. The number of piperidine rings is 1. The summed E-state index contributed by atoms with van der Waals surface area (Å²) >= 11 is 3.46. The number of benzene rings is 1. The Balaban J connectivity index is 2.24. The number of phenols is 1. The predicted octanol–water partition coefficient (Wildman–Crippen LogP) is 2.53. The van der Waals surface area contributed by atoms with E-state index < -0.39 is 11.7 Å². The number of likely N-dealkylation sites (tertiary alicyclic amines) is 1. The summed E-state index contributed by atoms with van der Waals surface area (Å²) in [6.45, 7) is 1.15. The SMILES string of the molecule is O=C(c1c(O)cccc1F)N1CCCC(Br)C1. The zero-order valence-corrected chi connectivity index (χ0v) is 10.8. The van der Waals surface area contributed by atoms with Gasteiger partial charge in [0.25, 0.3) is 5.91 Å². The van der Waals surface area contributed by atoms with Gasteiger partial charge in [-0.3, -0.25) is 4.79 Å². The van der Waals surface area contributed by atoms with Crippen LogP contribution in [0, 0.1) is 5.82 Å². The Morgan fingerprint density at radius 3 is 2.94 bits per heavy atom. The molecule has 1 amide bonds. The minimum atomic E-state index is -0.674. The number of alkyl halides is 1. The summed E-state index contributed by atoms with van der Waals surface area (Å²) in [4.78, 5) is 13.9. The van der Waals surface area contributed by atoms with E-state index in [2.05, 4.69) is 15.9 Å². The van der Waals surface area contributed by atoms with E-state index in [9.17, 15) is 14.3 Å². The first-order chi connectivity index (χ1) is 8.09. The summed E-state index contributed by atoms with van der Waals surface area (Å²) in [6.07, 6.45) is 1.89. The van der Waals surface area contributed by atoms with Crippen molar-refractivity contribution in [3.8, 4) is 5.75 Å². The van der Waals surface area contributed by atoms with E-state index in [0.29, 0.717) is 13.1 Å². The molecule has 3 nitrogen and oxygen atoms in total. The van der Waals surface area contributed by atoms with Crippen LogP contribution in [0.4, 0.5) is 4.39 Å². The lowest BCUT2D eigenvalue weighted by Crippen LogP contribution is -2.40. The van der Waals surface area contributed by atoms with Gasteiger partial charge >= 0.3 is 0 Å². The van der Waals surface area contributed by atoms with Gasteiger partial charge in [0.05, 0.1) is 0 Å². The standard InChI is InChI=1S/C12H13BrFNO2/c13-8-3-2-6-15(7-8)12(17)11-9(14)4-1-5-10(11)16/h1,4-5,8,16H,2-3,6-7H2. The molecule has 0 radical (unpaired) electrons. The van der Waals surface area contributed by atoms with Gasteiger partial charge in [0, 0.05) is 17.9 Å². The van der Waals surface area contributed by atoms with Crippen molar-refractivity contribution in [3.05, 3.63) is 29.6 Å². The molecule has 0 aliphatic carbocycles. The van der Waals surface area contributed by atoms with Crippen molar-refractivity contribution >= 4 is 21.8 Å². The second-order valence-electron chi connectivity index (χ2n) is 4.12. The van der Waals surface area contributed by atoms with Crippen molar-refractivity contribution in [2.75, 3.05) is 13.1 Å². The Kier molecular flexibility index (Phi) is 3.66. The molecule has 0 aromatic heterocycles. The van der Waals surface area contributed by atoms with Gasteiger partial charge in [-0.25, -0.2) is 4.39 Å². The van der Waals surface area contributed by atoms with Crippen molar-refractivity contribution in [2.45, 2.75) is 17.7 Å². The molecule has 2 rings (SSSR count). The predicted molar refractivity (Wildman–Crippen MR) is 65.9 cm³/mol. The Labute approximate surface area is 107 Å². The number of nitrogens with zero attached hydrogens (tertiary/aromatic N) is 1. The second kappa shape index (κ2) is 5.04. The minimum Gasteiger partial charge on any atom is -0.507 e. The molecule has 1 aliphatic heterocycles. The average Bonchev–Trinajstić information content (AvgIpc) is 2.28. The highest BCUT2D eigenvalue weighted by Crippen LogP contribution is 2.24. The van der Waals surface area contributed by atoms with Gasteiger partial charge in [-0.15, -0.1) is 0 Å². The van der Waals surface area contributed by atoms with Gasteiger partial charge in [-0.1, -0.05) is 22.0 Å². The molecule has 1 aromatic rings. The first-order valence-corrected chi connectivity index (χ1v) is 6.42. The summed E-state index contributed by atoms with van der Waals surface area (Å²) in [7, 11) is 0. The molecule has 1 N–H and O–H groups in total. The van der Waals surface area contributed by atoms with E-state index in [1.165, 1.54) is 18.2 Å². The molecule has 5 heteroatoms. The molecular formula is C12H13BrFNO2. The molecule has 1 atom stereocenters. The summed E-state index contributed by atoms with van der Waals surface area (Å²) in [5, 5.41) is 9.56. The maximum absolute atomic E-state index is 13.5. The van der Waals surface area contributed by atoms with Gasteiger partial charge < -0.3 is 10.0 Å². The summed E-state index contributed by atoms with van der Waals surface area (Å²) < 4.78 is 13.5. The first-order valence-electron chi connectivity index (χ1n) is 5.50. The molecule has 0 spiro atoms. The van der Waals surface area contributed by atoms with Crippen LogP contribution >= 0.6 is 15.9 Å². The second-order valence-corrected chi connectivity index (χ2v) is 5.42. The highest BCUT2D eigenvalue weighted by molar-refractivity contribution is 9.09. The van der Waals surface area contributed by atoms with Crippen LogP contribution in [0.25, 0.3) is 0 Å². The lowest BCUT2D eigenvalue weighted by Gasteiger charge is -2.30. The van der Waals surface area contributed by atoms with Crippen molar-refractivity contribution in [2.24, 2.45) is 0 Å². The van der Waals surface area contributed by atoms with Crippen LogP contribution in [0.15, 0.2) is 18.2 Å². The maximum Gasteiger partial charge on any atom is 0.260 e. The molecule has 1 heterocycles. The van der Waals surface area contributed by atoms with E-state index in [0.717, 1.165) is 12.8 Å². The van der Waals surface area contributed by atoms with E-state index >= 15 is 0 Å². The first kappa shape index (κ1) is 12.4. The highest BCUT2D eigenvalue weighted by atomic mass is 79.9. The zero-order chi connectivity index (χ0) is 12.4. The molecule has 1 fully saturated rings. The number of phenolic OH excluding ortho intramolecular Hbond substituents is 1. The number of carbonyl (C=O) groups excluding carboxylic acids is 1. The van der Waals surface area contributed by atoms with Crippen LogP contribution in [-0.2, 0) is 0 Å². The van der Waals surface area contributed by atoms with Crippen LogP contribution in [0.5, 0.6) is 5.75 Å². The molecule has 17 heavy (non-hydrogen) atoms. The fourth-order valence-electron chi connectivity index (χ4n) is 1.99. The highest BCUT2D eigenvalue weighted by Gasteiger charge is 2.26. The number of amides is 1. The summed E-state index contributed by atoms with van der Waals surface area (Å²) in [6, 6.07) is 3.89. The molecule has 0 bridgehead atoms. The topological polar surface area (TPSA) is 40.5 Å². The van der Waals surface area contributed by atoms with Gasteiger partial charge in [-0.05, 0) is 25.0 Å². The van der Waals surface area contributed by atoms with Gasteiger partial charge in [0.2, 0.25) is 0 Å². The fraction of sp³-hybridized carbons (Fsp3) is 0.417.